The highest BCUT2D eigenvalue weighted by Gasteiger charge is 2.66. The molecule has 0 spiro atoms. The molecule has 2 saturated heterocycles. The van der Waals surface area contributed by atoms with E-state index < -0.39 is 5.60 Å². The maximum Gasteiger partial charge on any atom is 0.410 e. The number of nitrogens with zero attached hydrogens (tertiary/aromatic N) is 3. The number of aromatic nitrogens is 2. The van der Waals surface area contributed by atoms with Gasteiger partial charge in [-0.2, -0.15) is 5.10 Å². The molecule has 19 heavy (non-hydrogen) atoms. The molecule has 0 N–H and O–H groups in total. The van der Waals surface area contributed by atoms with E-state index in [2.05, 4.69) is 5.10 Å². The van der Waals surface area contributed by atoms with Crippen LogP contribution in [0.15, 0.2) is 12.3 Å². The van der Waals surface area contributed by atoms with Gasteiger partial charge >= 0.3 is 6.09 Å². The quantitative estimate of drug-likeness (QED) is 0.717. The molecule has 2 atom stereocenters. The molecule has 0 aromatic carbocycles. The van der Waals surface area contributed by atoms with Crippen molar-refractivity contribution >= 4 is 6.09 Å². The zero-order valence-corrected chi connectivity index (χ0v) is 11.7. The number of fused-ring (bicyclic) bond motifs is 1. The van der Waals surface area contributed by atoms with Crippen molar-refractivity contribution in [2.45, 2.75) is 38.1 Å². The van der Waals surface area contributed by atoms with Crippen LogP contribution < -0.4 is 0 Å². The summed E-state index contributed by atoms with van der Waals surface area (Å²) < 4.78 is 13.0. The van der Waals surface area contributed by atoms with E-state index in [1.165, 1.54) is 0 Å². The number of hydrogen-bond donors (Lipinski definition) is 0. The Kier molecular flexibility index (Phi) is 2.44. The van der Waals surface area contributed by atoms with Crippen LogP contribution in [0.4, 0.5) is 4.79 Å². The van der Waals surface area contributed by atoms with Gasteiger partial charge in [-0.15, -0.1) is 0 Å². The van der Waals surface area contributed by atoms with Gasteiger partial charge in [0.2, 0.25) is 0 Å². The largest absolute Gasteiger partial charge is 0.444 e. The van der Waals surface area contributed by atoms with E-state index >= 15 is 0 Å². The monoisotopic (exact) mass is 265 g/mol. The second-order valence-electron chi connectivity index (χ2n) is 6.20. The molecule has 104 valence electrons. The number of likely N-dealkylation sites (tertiary alicyclic amines) is 1. The van der Waals surface area contributed by atoms with Gasteiger partial charge in [0.15, 0.2) is 5.60 Å². The average Bonchev–Trinajstić information content (AvgIpc) is 2.68. The van der Waals surface area contributed by atoms with Gasteiger partial charge in [-0.3, -0.25) is 4.68 Å². The van der Waals surface area contributed by atoms with Crippen LogP contribution in [-0.2, 0) is 22.1 Å². The molecule has 6 nitrogen and oxygen atoms in total. The van der Waals surface area contributed by atoms with Crippen molar-refractivity contribution in [3.63, 3.8) is 0 Å². The lowest BCUT2D eigenvalue weighted by Gasteiger charge is -2.25. The third kappa shape index (κ3) is 2.00. The summed E-state index contributed by atoms with van der Waals surface area (Å²) in [6.45, 7) is 6.73. The van der Waals surface area contributed by atoms with Gasteiger partial charge in [-0.25, -0.2) is 4.79 Å². The predicted molar refractivity (Wildman–Crippen MR) is 67.6 cm³/mol. The molecular formula is C13H19N3O3. The molecule has 3 heterocycles. The minimum absolute atomic E-state index is 0.0652. The van der Waals surface area contributed by atoms with Crippen LogP contribution >= 0.6 is 0 Å². The summed E-state index contributed by atoms with van der Waals surface area (Å²) in [5, 5.41) is 4.16. The van der Waals surface area contributed by atoms with E-state index in [9.17, 15) is 4.79 Å². The summed E-state index contributed by atoms with van der Waals surface area (Å²) >= 11 is 0. The van der Waals surface area contributed by atoms with E-state index in [0.29, 0.717) is 13.1 Å². The van der Waals surface area contributed by atoms with Gasteiger partial charge in [0, 0.05) is 13.2 Å². The number of ether oxygens (including phenoxy) is 2. The molecule has 6 heteroatoms. The summed E-state index contributed by atoms with van der Waals surface area (Å²) in [5.74, 6) is 0. The smallest absolute Gasteiger partial charge is 0.410 e. The highest BCUT2D eigenvalue weighted by molar-refractivity contribution is 5.69. The number of amides is 1. The Morgan fingerprint density at radius 3 is 2.89 bits per heavy atom. The van der Waals surface area contributed by atoms with Crippen molar-refractivity contribution in [1.29, 1.82) is 0 Å². The van der Waals surface area contributed by atoms with Crippen LogP contribution in [-0.4, -0.2) is 45.6 Å². The Morgan fingerprint density at radius 2 is 2.32 bits per heavy atom. The number of aryl methyl sites for hydroxylation is 1. The van der Waals surface area contributed by atoms with Gasteiger partial charge in [0.05, 0.1) is 18.8 Å². The van der Waals surface area contributed by atoms with Crippen molar-refractivity contribution in [1.82, 2.24) is 14.7 Å². The Hall–Kier alpha value is -1.56. The first-order chi connectivity index (χ1) is 8.82. The van der Waals surface area contributed by atoms with E-state index in [1.807, 2.05) is 33.9 Å². The fourth-order valence-electron chi connectivity index (χ4n) is 2.65. The third-order valence-corrected chi connectivity index (χ3v) is 3.53. The molecule has 2 unspecified atom stereocenters. The highest BCUT2D eigenvalue weighted by Crippen LogP contribution is 2.51. The van der Waals surface area contributed by atoms with Crippen LogP contribution in [0.5, 0.6) is 0 Å². The molecule has 2 fully saturated rings. The number of morpholine rings is 1. The van der Waals surface area contributed by atoms with Crippen molar-refractivity contribution in [3.8, 4) is 0 Å². The zero-order chi connectivity index (χ0) is 13.8. The van der Waals surface area contributed by atoms with Crippen LogP contribution in [0.25, 0.3) is 0 Å². The molecule has 1 aromatic rings. The average molecular weight is 265 g/mol. The molecule has 0 radical (unpaired) electrons. The first-order valence-corrected chi connectivity index (χ1v) is 6.46. The minimum Gasteiger partial charge on any atom is -0.444 e. The third-order valence-electron chi connectivity index (χ3n) is 3.53. The van der Waals surface area contributed by atoms with Crippen LogP contribution in [0, 0.1) is 0 Å². The zero-order valence-electron chi connectivity index (χ0n) is 11.7. The summed E-state index contributed by atoms with van der Waals surface area (Å²) in [4.78, 5) is 13.8. The molecular weight excluding hydrogens is 246 g/mol. The van der Waals surface area contributed by atoms with Gasteiger partial charge < -0.3 is 14.4 Å². The lowest BCUT2D eigenvalue weighted by molar-refractivity contribution is 0.0192. The topological polar surface area (TPSA) is 59.9 Å². The Bertz CT molecular complexity index is 519. The molecule has 0 bridgehead atoms. The van der Waals surface area contributed by atoms with Gasteiger partial charge in [0.1, 0.15) is 11.7 Å². The van der Waals surface area contributed by atoms with Crippen LogP contribution in [0.3, 0.4) is 0 Å². The highest BCUT2D eigenvalue weighted by atomic mass is 16.6. The van der Waals surface area contributed by atoms with E-state index in [0.717, 1.165) is 5.69 Å². The second kappa shape index (κ2) is 3.72. The number of carbonyl (C=O) groups is 1. The van der Waals surface area contributed by atoms with Gasteiger partial charge in [-0.05, 0) is 26.8 Å². The van der Waals surface area contributed by atoms with Crippen molar-refractivity contribution in [2.75, 3.05) is 13.1 Å². The Morgan fingerprint density at radius 1 is 1.58 bits per heavy atom. The summed E-state index contributed by atoms with van der Waals surface area (Å²) in [6.07, 6.45) is 1.54. The van der Waals surface area contributed by atoms with E-state index in [1.54, 1.807) is 15.8 Å². The van der Waals surface area contributed by atoms with E-state index in [-0.39, 0.29) is 17.8 Å². The minimum atomic E-state index is -0.468. The Labute approximate surface area is 112 Å². The number of hydrogen-bond acceptors (Lipinski definition) is 4. The fourth-order valence-corrected chi connectivity index (χ4v) is 2.65. The maximum absolute atomic E-state index is 12.0. The fraction of sp³-hybridized carbons (Fsp3) is 0.692. The summed E-state index contributed by atoms with van der Waals surface area (Å²) in [7, 11) is 1.89. The standard InChI is InChI=1S/C13H19N3O3/c1-12(2,3)19-11(17)16-7-10-13(8-16,18-10)9-5-6-14-15(9)4/h5-6,10H,7-8H2,1-4H3. The molecule has 1 aromatic heterocycles. The molecule has 1 amide bonds. The SMILES string of the molecule is Cn1nccc1C12CN(C(=O)OC(C)(C)C)CC1O2. The first kappa shape index (κ1) is 12.5. The van der Waals surface area contributed by atoms with Crippen molar-refractivity contribution in [2.24, 2.45) is 7.05 Å². The lowest BCUT2D eigenvalue weighted by atomic mass is 10.0. The number of rotatable bonds is 1. The summed E-state index contributed by atoms with van der Waals surface area (Å²) in [6, 6.07) is 1.94. The van der Waals surface area contributed by atoms with Gasteiger partial charge in [0.25, 0.3) is 0 Å². The second-order valence-corrected chi connectivity index (χ2v) is 6.20. The van der Waals surface area contributed by atoms with Crippen molar-refractivity contribution < 1.29 is 14.3 Å². The summed E-state index contributed by atoms with van der Waals surface area (Å²) in [5.41, 5.74) is 0.176. The molecule has 0 aliphatic carbocycles. The lowest BCUT2D eigenvalue weighted by Crippen LogP contribution is -2.38. The molecule has 2 aliphatic heterocycles. The number of epoxide rings is 1. The normalized spacial score (nSPS) is 29.3. The van der Waals surface area contributed by atoms with Crippen molar-refractivity contribution in [3.05, 3.63) is 18.0 Å². The maximum atomic E-state index is 12.0. The van der Waals surface area contributed by atoms with E-state index in [4.69, 9.17) is 9.47 Å². The van der Waals surface area contributed by atoms with Gasteiger partial charge in [-0.1, -0.05) is 0 Å². The Balaban J connectivity index is 1.72. The van der Waals surface area contributed by atoms with Crippen LogP contribution in [0.2, 0.25) is 0 Å². The molecule has 3 rings (SSSR count). The molecule has 0 saturated carbocycles. The molecule has 2 aliphatic rings. The first-order valence-electron chi connectivity index (χ1n) is 6.46. The van der Waals surface area contributed by atoms with Crippen LogP contribution in [0.1, 0.15) is 26.5 Å². The number of carbonyl (C=O) groups excluding carboxylic acids is 1. The predicted octanol–water partition coefficient (Wildman–Crippen LogP) is 1.26.